The van der Waals surface area contributed by atoms with E-state index in [1.165, 1.54) is 18.2 Å². The molecular formula is C26H29F3N4O2. The minimum absolute atomic E-state index is 0.0359. The summed E-state index contributed by atoms with van der Waals surface area (Å²) in [5.74, 6) is -3.65. The molecule has 1 heterocycles. The number of amides is 2. The summed E-state index contributed by atoms with van der Waals surface area (Å²) >= 11 is 0. The van der Waals surface area contributed by atoms with E-state index in [0.717, 1.165) is 37.5 Å². The average Bonchev–Trinajstić information content (AvgIpc) is 2.82. The summed E-state index contributed by atoms with van der Waals surface area (Å²) in [6.45, 7) is 4.20. The van der Waals surface area contributed by atoms with Gasteiger partial charge in [0.2, 0.25) is 11.8 Å². The van der Waals surface area contributed by atoms with Gasteiger partial charge in [-0.2, -0.15) is 5.26 Å². The third kappa shape index (κ3) is 7.06. The van der Waals surface area contributed by atoms with Gasteiger partial charge >= 0.3 is 0 Å². The number of halogens is 3. The topological polar surface area (TPSA) is 85.2 Å². The number of hydrogen-bond acceptors (Lipinski definition) is 4. The number of carbonyl (C=O) groups is 2. The maximum absolute atomic E-state index is 13.9. The molecule has 0 bridgehead atoms. The van der Waals surface area contributed by atoms with E-state index in [0.29, 0.717) is 11.1 Å². The molecule has 2 aromatic carbocycles. The zero-order valence-electron chi connectivity index (χ0n) is 19.8. The van der Waals surface area contributed by atoms with Crippen LogP contribution in [-0.2, 0) is 22.6 Å². The Hall–Kier alpha value is -3.38. The van der Waals surface area contributed by atoms with Crippen molar-refractivity contribution in [3.8, 4) is 6.07 Å². The Labute approximate surface area is 203 Å². The lowest BCUT2D eigenvalue weighted by Crippen LogP contribution is -2.53. The molecule has 0 radical (unpaired) electrons. The van der Waals surface area contributed by atoms with Gasteiger partial charge in [-0.05, 0) is 62.1 Å². The highest BCUT2D eigenvalue weighted by molar-refractivity contribution is 5.88. The Bertz CT molecular complexity index is 1110. The number of nitrogens with zero attached hydrogens (tertiary/aromatic N) is 2. The van der Waals surface area contributed by atoms with Crippen LogP contribution in [0.5, 0.6) is 0 Å². The van der Waals surface area contributed by atoms with Crippen molar-refractivity contribution >= 4 is 11.8 Å². The molecule has 9 heteroatoms. The molecule has 186 valence electrons. The molecule has 1 aliphatic heterocycles. The molecule has 6 nitrogen and oxygen atoms in total. The van der Waals surface area contributed by atoms with E-state index in [-0.39, 0.29) is 43.1 Å². The lowest BCUT2D eigenvalue weighted by Gasteiger charge is -2.38. The number of nitrogens with one attached hydrogen (secondary N) is 2. The SMILES string of the molecule is C[C@@H]1CCC[C@H](C)N1CC(=O)NC(Cc1ccc(F)c(F)c1)C(=O)NCc1ccc(C#N)c(F)c1. The summed E-state index contributed by atoms with van der Waals surface area (Å²) in [4.78, 5) is 27.9. The minimum atomic E-state index is -1.05. The van der Waals surface area contributed by atoms with Gasteiger partial charge in [0.1, 0.15) is 17.9 Å². The fraction of sp³-hybridized carbons (Fsp3) is 0.423. The smallest absolute Gasteiger partial charge is 0.243 e. The van der Waals surface area contributed by atoms with Crippen molar-refractivity contribution in [1.29, 1.82) is 5.26 Å². The average molecular weight is 487 g/mol. The van der Waals surface area contributed by atoms with E-state index in [1.54, 1.807) is 6.07 Å². The van der Waals surface area contributed by atoms with Gasteiger partial charge in [0.25, 0.3) is 0 Å². The Kier molecular flexibility index (Phi) is 8.88. The van der Waals surface area contributed by atoms with E-state index in [4.69, 9.17) is 5.26 Å². The third-order valence-corrected chi connectivity index (χ3v) is 6.40. The van der Waals surface area contributed by atoms with Crippen LogP contribution in [-0.4, -0.2) is 41.4 Å². The number of carbonyl (C=O) groups excluding carboxylic acids is 2. The van der Waals surface area contributed by atoms with Crippen LogP contribution in [0.4, 0.5) is 13.2 Å². The number of likely N-dealkylation sites (tertiary alicyclic amines) is 1. The molecule has 1 saturated heterocycles. The molecule has 2 amide bonds. The second kappa shape index (κ2) is 11.8. The molecule has 2 N–H and O–H groups in total. The van der Waals surface area contributed by atoms with E-state index in [1.807, 2.05) is 0 Å². The van der Waals surface area contributed by atoms with Crippen LogP contribution in [0.1, 0.15) is 49.8 Å². The van der Waals surface area contributed by atoms with E-state index in [2.05, 4.69) is 29.4 Å². The normalized spacial score (nSPS) is 19.0. The number of piperidine rings is 1. The highest BCUT2D eigenvalue weighted by Crippen LogP contribution is 2.22. The van der Waals surface area contributed by atoms with Crippen LogP contribution in [0.15, 0.2) is 36.4 Å². The van der Waals surface area contributed by atoms with Crippen molar-refractivity contribution in [2.24, 2.45) is 0 Å². The quantitative estimate of drug-likeness (QED) is 0.597. The summed E-state index contributed by atoms with van der Waals surface area (Å²) in [6, 6.07) is 8.45. The maximum Gasteiger partial charge on any atom is 0.243 e. The summed E-state index contributed by atoms with van der Waals surface area (Å²) in [7, 11) is 0. The van der Waals surface area contributed by atoms with Crippen molar-refractivity contribution in [3.05, 3.63) is 70.5 Å². The van der Waals surface area contributed by atoms with Crippen molar-refractivity contribution in [1.82, 2.24) is 15.5 Å². The highest BCUT2D eigenvalue weighted by atomic mass is 19.2. The fourth-order valence-electron chi connectivity index (χ4n) is 4.38. The largest absolute Gasteiger partial charge is 0.350 e. The molecule has 0 spiro atoms. The summed E-state index contributed by atoms with van der Waals surface area (Å²) < 4.78 is 41.0. The molecule has 0 aliphatic carbocycles. The predicted molar refractivity (Wildman–Crippen MR) is 124 cm³/mol. The van der Waals surface area contributed by atoms with Crippen LogP contribution in [0.3, 0.4) is 0 Å². The summed E-state index contributed by atoms with van der Waals surface area (Å²) in [5.41, 5.74) is 0.668. The zero-order valence-corrected chi connectivity index (χ0v) is 19.8. The standard InChI is InChI=1S/C26H29F3N4O2/c1-16-4-3-5-17(2)33(16)15-25(34)32-24(12-18-7-9-21(27)23(29)10-18)26(35)31-14-19-6-8-20(13-30)22(28)11-19/h6-11,16-17,24H,3-5,12,14-15H2,1-2H3,(H,31,35)(H,32,34)/t16-,17+,24?. The monoisotopic (exact) mass is 486 g/mol. The van der Waals surface area contributed by atoms with Gasteiger partial charge in [-0.1, -0.05) is 18.6 Å². The lowest BCUT2D eigenvalue weighted by atomic mass is 9.97. The Balaban J connectivity index is 1.71. The van der Waals surface area contributed by atoms with Gasteiger partial charge < -0.3 is 10.6 Å². The molecule has 1 aliphatic rings. The second-order valence-electron chi connectivity index (χ2n) is 9.02. The maximum atomic E-state index is 13.9. The molecule has 0 saturated carbocycles. The molecule has 1 fully saturated rings. The Morgan fingerprint density at radius 3 is 2.31 bits per heavy atom. The van der Waals surface area contributed by atoms with Crippen molar-refractivity contribution in [2.45, 2.75) is 64.2 Å². The first-order chi connectivity index (χ1) is 16.7. The van der Waals surface area contributed by atoms with Gasteiger partial charge in [-0.15, -0.1) is 0 Å². The second-order valence-corrected chi connectivity index (χ2v) is 9.02. The lowest BCUT2D eigenvalue weighted by molar-refractivity contribution is -0.130. The van der Waals surface area contributed by atoms with Gasteiger partial charge in [0.05, 0.1) is 12.1 Å². The van der Waals surface area contributed by atoms with Crippen LogP contribution in [0.25, 0.3) is 0 Å². The minimum Gasteiger partial charge on any atom is -0.350 e. The van der Waals surface area contributed by atoms with E-state index >= 15 is 0 Å². The predicted octanol–water partition coefficient (Wildman–Crippen LogP) is 3.58. The van der Waals surface area contributed by atoms with Crippen LogP contribution >= 0.6 is 0 Å². The number of nitriles is 1. The van der Waals surface area contributed by atoms with Crippen molar-refractivity contribution < 1.29 is 22.8 Å². The van der Waals surface area contributed by atoms with Gasteiger partial charge in [0.15, 0.2) is 11.6 Å². The first kappa shape index (κ1) is 26.2. The van der Waals surface area contributed by atoms with Crippen molar-refractivity contribution in [2.75, 3.05) is 6.54 Å². The van der Waals surface area contributed by atoms with Crippen LogP contribution in [0.2, 0.25) is 0 Å². The number of rotatable bonds is 8. The van der Waals surface area contributed by atoms with E-state index in [9.17, 15) is 22.8 Å². The van der Waals surface area contributed by atoms with Crippen molar-refractivity contribution in [3.63, 3.8) is 0 Å². The molecule has 3 atom stereocenters. The Morgan fingerprint density at radius 2 is 1.69 bits per heavy atom. The van der Waals surface area contributed by atoms with Gasteiger partial charge in [0, 0.05) is 25.0 Å². The molecule has 1 unspecified atom stereocenters. The Morgan fingerprint density at radius 1 is 1.03 bits per heavy atom. The number of hydrogen-bond donors (Lipinski definition) is 2. The zero-order chi connectivity index (χ0) is 25.5. The first-order valence-electron chi connectivity index (χ1n) is 11.6. The highest BCUT2D eigenvalue weighted by Gasteiger charge is 2.28. The molecule has 35 heavy (non-hydrogen) atoms. The van der Waals surface area contributed by atoms with Gasteiger partial charge in [-0.25, -0.2) is 13.2 Å². The molecular weight excluding hydrogens is 457 g/mol. The van der Waals surface area contributed by atoms with Gasteiger partial charge in [-0.3, -0.25) is 14.5 Å². The van der Waals surface area contributed by atoms with Crippen LogP contribution < -0.4 is 10.6 Å². The summed E-state index contributed by atoms with van der Waals surface area (Å²) in [5, 5.41) is 14.2. The fourth-order valence-corrected chi connectivity index (χ4v) is 4.38. The summed E-state index contributed by atoms with van der Waals surface area (Å²) in [6.07, 6.45) is 3.01. The molecule has 0 aromatic heterocycles. The van der Waals surface area contributed by atoms with E-state index < -0.39 is 29.4 Å². The third-order valence-electron chi connectivity index (χ3n) is 6.40. The first-order valence-corrected chi connectivity index (χ1v) is 11.6. The number of benzene rings is 2. The van der Waals surface area contributed by atoms with Crippen LogP contribution in [0, 0.1) is 28.8 Å². The molecule has 2 aromatic rings. The molecule has 3 rings (SSSR count).